The van der Waals surface area contributed by atoms with Gasteiger partial charge in [-0.3, -0.25) is 4.79 Å². The number of anilines is 1. The Morgan fingerprint density at radius 1 is 1.47 bits per heavy atom. The van der Waals surface area contributed by atoms with Gasteiger partial charge >= 0.3 is 0 Å². The van der Waals surface area contributed by atoms with Crippen molar-refractivity contribution in [1.29, 1.82) is 0 Å². The minimum absolute atomic E-state index is 0.0382. The Balaban J connectivity index is 2.06. The van der Waals surface area contributed by atoms with E-state index in [2.05, 4.69) is 15.4 Å². The highest BCUT2D eigenvalue weighted by Crippen LogP contribution is 2.19. The Hall–Kier alpha value is -2.11. The lowest BCUT2D eigenvalue weighted by atomic mass is 10.3. The number of aromatic nitrogens is 3. The fraction of sp³-hybridized carbons (Fsp3) is 0.364. The molecule has 3 rings (SSSR count). The molecule has 0 spiro atoms. The first kappa shape index (κ1) is 10.1. The molecule has 0 atom stereocenters. The number of amides is 1. The lowest BCUT2D eigenvalue weighted by molar-refractivity contribution is -0.120. The van der Waals surface area contributed by atoms with E-state index in [-0.39, 0.29) is 5.91 Å². The highest BCUT2D eigenvalue weighted by molar-refractivity contribution is 5.84. The molecule has 1 N–H and O–H groups in total. The third kappa shape index (κ3) is 1.71. The number of hydrogen-bond donors (Lipinski definition) is 1. The first-order valence-electron chi connectivity index (χ1n) is 5.57. The van der Waals surface area contributed by atoms with Gasteiger partial charge in [-0.15, -0.1) is 0 Å². The van der Waals surface area contributed by atoms with E-state index in [1.807, 2.05) is 24.1 Å². The van der Waals surface area contributed by atoms with Gasteiger partial charge in [0.2, 0.25) is 5.91 Å². The summed E-state index contributed by atoms with van der Waals surface area (Å²) in [5, 5.41) is 7.14. The number of fused-ring (bicyclic) bond motifs is 1. The summed E-state index contributed by atoms with van der Waals surface area (Å²) in [5.41, 5.74) is 1.89. The van der Waals surface area contributed by atoms with Crippen LogP contribution in [0, 0.1) is 6.92 Å². The number of rotatable bonds is 1. The molecule has 0 bridgehead atoms. The van der Waals surface area contributed by atoms with Crippen molar-refractivity contribution in [3.05, 3.63) is 24.2 Å². The molecule has 88 valence electrons. The fourth-order valence-electron chi connectivity index (χ4n) is 2.09. The fourth-order valence-corrected chi connectivity index (χ4v) is 2.09. The van der Waals surface area contributed by atoms with Crippen molar-refractivity contribution < 1.29 is 4.79 Å². The van der Waals surface area contributed by atoms with Crippen LogP contribution in [0.4, 0.5) is 5.82 Å². The van der Waals surface area contributed by atoms with Crippen molar-refractivity contribution in [2.24, 2.45) is 0 Å². The van der Waals surface area contributed by atoms with Gasteiger partial charge in [0.1, 0.15) is 5.52 Å². The maximum absolute atomic E-state index is 11.4. The van der Waals surface area contributed by atoms with Gasteiger partial charge in [-0.1, -0.05) is 0 Å². The van der Waals surface area contributed by atoms with E-state index in [1.165, 1.54) is 0 Å². The molecule has 6 nitrogen and oxygen atoms in total. The zero-order valence-electron chi connectivity index (χ0n) is 9.55. The minimum atomic E-state index is 0.0382. The Labute approximate surface area is 98.2 Å². The Bertz CT molecular complexity index is 576. The summed E-state index contributed by atoms with van der Waals surface area (Å²) in [6.45, 7) is 3.74. The van der Waals surface area contributed by atoms with Crippen LogP contribution in [0.5, 0.6) is 0 Å². The third-order valence-corrected chi connectivity index (χ3v) is 2.83. The Morgan fingerprint density at radius 2 is 2.35 bits per heavy atom. The molecule has 1 aliphatic heterocycles. The number of carbonyl (C=O) groups is 1. The molecule has 1 saturated heterocycles. The molecule has 1 amide bonds. The quantitative estimate of drug-likeness (QED) is 0.749. The van der Waals surface area contributed by atoms with Crippen LogP contribution >= 0.6 is 0 Å². The SMILES string of the molecule is Cc1cc2c(N3CCNC(=O)C3)nccn2n1. The lowest BCUT2D eigenvalue weighted by Crippen LogP contribution is -2.48. The second-order valence-electron chi connectivity index (χ2n) is 4.14. The molecule has 0 radical (unpaired) electrons. The number of carbonyl (C=O) groups excluding carboxylic acids is 1. The van der Waals surface area contributed by atoms with Crippen LogP contribution in [-0.4, -0.2) is 40.1 Å². The number of piperazine rings is 1. The van der Waals surface area contributed by atoms with E-state index >= 15 is 0 Å². The predicted molar refractivity (Wildman–Crippen MR) is 62.9 cm³/mol. The van der Waals surface area contributed by atoms with Gasteiger partial charge in [0, 0.05) is 25.5 Å². The molecule has 0 aromatic carbocycles. The molecule has 0 aliphatic carbocycles. The molecule has 2 aromatic rings. The standard InChI is InChI=1S/C11H13N5O/c1-8-6-9-11(13-3-5-16(9)14-8)15-4-2-12-10(17)7-15/h3,5-6H,2,4,7H2,1H3,(H,12,17). The monoisotopic (exact) mass is 231 g/mol. The van der Waals surface area contributed by atoms with Gasteiger partial charge in [-0.2, -0.15) is 5.10 Å². The van der Waals surface area contributed by atoms with E-state index in [0.29, 0.717) is 13.1 Å². The summed E-state index contributed by atoms with van der Waals surface area (Å²) in [6, 6.07) is 1.98. The van der Waals surface area contributed by atoms with E-state index in [0.717, 1.165) is 23.6 Å². The first-order valence-corrected chi connectivity index (χ1v) is 5.57. The van der Waals surface area contributed by atoms with Crippen molar-refractivity contribution in [1.82, 2.24) is 19.9 Å². The second kappa shape index (κ2) is 3.73. The van der Waals surface area contributed by atoms with Crippen molar-refractivity contribution in [2.75, 3.05) is 24.5 Å². The molecule has 17 heavy (non-hydrogen) atoms. The smallest absolute Gasteiger partial charge is 0.239 e. The summed E-state index contributed by atoms with van der Waals surface area (Å²) < 4.78 is 1.80. The number of nitrogens with one attached hydrogen (secondary N) is 1. The van der Waals surface area contributed by atoms with Crippen LogP contribution in [0.2, 0.25) is 0 Å². The van der Waals surface area contributed by atoms with Crippen LogP contribution in [0.25, 0.3) is 5.52 Å². The summed E-state index contributed by atoms with van der Waals surface area (Å²) in [7, 11) is 0. The Kier molecular flexibility index (Phi) is 2.21. The predicted octanol–water partition coefficient (Wildman–Crippen LogP) is -0.0261. The van der Waals surface area contributed by atoms with Crippen molar-refractivity contribution in [3.8, 4) is 0 Å². The Morgan fingerprint density at radius 3 is 3.18 bits per heavy atom. The van der Waals surface area contributed by atoms with Gasteiger partial charge in [0.25, 0.3) is 0 Å². The van der Waals surface area contributed by atoms with Crippen LogP contribution in [0.1, 0.15) is 5.69 Å². The first-order chi connectivity index (χ1) is 8.24. The summed E-state index contributed by atoms with van der Waals surface area (Å²) in [5.74, 6) is 0.860. The summed E-state index contributed by atoms with van der Waals surface area (Å²) in [6.07, 6.45) is 3.52. The number of hydrogen-bond acceptors (Lipinski definition) is 4. The molecular formula is C11H13N5O. The van der Waals surface area contributed by atoms with Crippen LogP contribution < -0.4 is 10.2 Å². The summed E-state index contributed by atoms with van der Waals surface area (Å²) >= 11 is 0. The average Bonchev–Trinajstić information content (AvgIpc) is 2.68. The van der Waals surface area contributed by atoms with Crippen molar-refractivity contribution in [2.45, 2.75) is 6.92 Å². The molecular weight excluding hydrogens is 218 g/mol. The molecule has 1 fully saturated rings. The van der Waals surface area contributed by atoms with Gasteiger partial charge in [0.05, 0.1) is 12.2 Å². The van der Waals surface area contributed by atoms with Crippen LogP contribution in [-0.2, 0) is 4.79 Å². The third-order valence-electron chi connectivity index (χ3n) is 2.83. The molecule has 0 saturated carbocycles. The average molecular weight is 231 g/mol. The molecule has 1 aliphatic rings. The van der Waals surface area contributed by atoms with Gasteiger partial charge in [-0.25, -0.2) is 9.50 Å². The number of aryl methyl sites for hydroxylation is 1. The van der Waals surface area contributed by atoms with E-state index < -0.39 is 0 Å². The molecule has 3 heterocycles. The maximum Gasteiger partial charge on any atom is 0.239 e. The zero-order chi connectivity index (χ0) is 11.8. The lowest BCUT2D eigenvalue weighted by Gasteiger charge is -2.27. The van der Waals surface area contributed by atoms with Gasteiger partial charge < -0.3 is 10.2 Å². The highest BCUT2D eigenvalue weighted by atomic mass is 16.2. The van der Waals surface area contributed by atoms with Crippen molar-refractivity contribution >= 4 is 17.2 Å². The van der Waals surface area contributed by atoms with E-state index in [9.17, 15) is 4.79 Å². The zero-order valence-corrected chi connectivity index (χ0v) is 9.55. The minimum Gasteiger partial charge on any atom is -0.353 e. The summed E-state index contributed by atoms with van der Waals surface area (Å²) in [4.78, 5) is 17.7. The molecule has 6 heteroatoms. The van der Waals surface area contributed by atoms with E-state index in [1.54, 1.807) is 10.7 Å². The second-order valence-corrected chi connectivity index (χ2v) is 4.14. The highest BCUT2D eigenvalue weighted by Gasteiger charge is 2.19. The molecule has 2 aromatic heterocycles. The van der Waals surface area contributed by atoms with Crippen LogP contribution in [0.3, 0.4) is 0 Å². The topological polar surface area (TPSA) is 62.5 Å². The largest absolute Gasteiger partial charge is 0.353 e. The van der Waals surface area contributed by atoms with E-state index in [4.69, 9.17) is 0 Å². The van der Waals surface area contributed by atoms with Gasteiger partial charge in [0.15, 0.2) is 5.82 Å². The van der Waals surface area contributed by atoms with Gasteiger partial charge in [-0.05, 0) is 13.0 Å². The number of nitrogens with zero attached hydrogens (tertiary/aromatic N) is 4. The molecule has 0 unspecified atom stereocenters. The van der Waals surface area contributed by atoms with Crippen molar-refractivity contribution in [3.63, 3.8) is 0 Å². The normalized spacial score (nSPS) is 16.3. The maximum atomic E-state index is 11.4. The van der Waals surface area contributed by atoms with Crippen LogP contribution in [0.15, 0.2) is 18.5 Å².